The van der Waals surface area contributed by atoms with Crippen molar-refractivity contribution in [3.63, 3.8) is 0 Å². The Balaban J connectivity index is 1.63. The summed E-state index contributed by atoms with van der Waals surface area (Å²) in [6.07, 6.45) is 4.34. The second-order valence-corrected chi connectivity index (χ2v) is 6.01. The Morgan fingerprint density at radius 3 is 2.95 bits per heavy atom. The number of amides is 1. The van der Waals surface area contributed by atoms with Gasteiger partial charge < -0.3 is 10.1 Å². The first kappa shape index (κ1) is 14.3. The van der Waals surface area contributed by atoms with Crippen molar-refractivity contribution < 1.29 is 9.53 Å². The molecule has 1 N–H and O–H groups in total. The van der Waals surface area contributed by atoms with Crippen LogP contribution in [0.15, 0.2) is 41.1 Å². The van der Waals surface area contributed by atoms with Crippen molar-refractivity contribution in [2.75, 3.05) is 19.8 Å². The van der Waals surface area contributed by atoms with Crippen molar-refractivity contribution in [3.8, 4) is 5.69 Å². The molecule has 1 aromatic carbocycles. The van der Waals surface area contributed by atoms with E-state index in [-0.39, 0.29) is 5.91 Å². The highest BCUT2D eigenvalue weighted by Gasteiger charge is 2.17. The van der Waals surface area contributed by atoms with Crippen molar-refractivity contribution in [1.29, 1.82) is 0 Å². The molecule has 0 radical (unpaired) electrons. The predicted molar refractivity (Wildman–Crippen MR) is 82.5 cm³/mol. The maximum absolute atomic E-state index is 12.1. The van der Waals surface area contributed by atoms with Crippen LogP contribution in [0.3, 0.4) is 0 Å². The van der Waals surface area contributed by atoms with Gasteiger partial charge in [-0.3, -0.25) is 4.79 Å². The molecule has 3 rings (SSSR count). The minimum atomic E-state index is -0.0924. The van der Waals surface area contributed by atoms with Crippen LogP contribution in [0.25, 0.3) is 5.69 Å². The highest BCUT2D eigenvalue weighted by molar-refractivity contribution is 9.10. The third-order valence-corrected chi connectivity index (χ3v) is 4.04. The molecule has 1 aliphatic heterocycles. The Labute approximate surface area is 131 Å². The van der Waals surface area contributed by atoms with Gasteiger partial charge in [0.1, 0.15) is 0 Å². The van der Waals surface area contributed by atoms with E-state index in [0.717, 1.165) is 29.8 Å². The Morgan fingerprint density at radius 2 is 2.24 bits per heavy atom. The van der Waals surface area contributed by atoms with Crippen LogP contribution in [0.2, 0.25) is 0 Å². The summed E-state index contributed by atoms with van der Waals surface area (Å²) in [6, 6.07) is 7.76. The van der Waals surface area contributed by atoms with Crippen LogP contribution in [-0.2, 0) is 4.74 Å². The van der Waals surface area contributed by atoms with Gasteiger partial charge in [0.15, 0.2) is 0 Å². The average Bonchev–Trinajstić information content (AvgIpc) is 3.17. The van der Waals surface area contributed by atoms with E-state index in [1.165, 1.54) is 0 Å². The molecule has 1 saturated heterocycles. The summed E-state index contributed by atoms with van der Waals surface area (Å²) in [5.41, 5.74) is 1.48. The van der Waals surface area contributed by atoms with Crippen LogP contribution in [0.1, 0.15) is 16.8 Å². The number of carbonyl (C=O) groups excluding carboxylic acids is 1. The summed E-state index contributed by atoms with van der Waals surface area (Å²) in [5.74, 6) is 0.334. The highest BCUT2D eigenvalue weighted by Crippen LogP contribution is 2.14. The van der Waals surface area contributed by atoms with Crippen LogP contribution in [0.5, 0.6) is 0 Å². The van der Waals surface area contributed by atoms with E-state index in [2.05, 4.69) is 26.3 Å². The largest absolute Gasteiger partial charge is 0.381 e. The lowest BCUT2D eigenvalue weighted by atomic mass is 10.1. The summed E-state index contributed by atoms with van der Waals surface area (Å²) in [7, 11) is 0. The van der Waals surface area contributed by atoms with Gasteiger partial charge >= 0.3 is 0 Å². The normalized spacial score (nSPS) is 17.9. The Hall–Kier alpha value is -1.66. The first-order chi connectivity index (χ1) is 10.2. The minimum Gasteiger partial charge on any atom is -0.381 e. The summed E-state index contributed by atoms with van der Waals surface area (Å²) >= 11 is 3.40. The molecule has 0 spiro atoms. The topological polar surface area (TPSA) is 56.1 Å². The zero-order chi connectivity index (χ0) is 14.7. The maximum atomic E-state index is 12.1. The Bertz CT molecular complexity index is 618. The van der Waals surface area contributed by atoms with Gasteiger partial charge in [0.05, 0.1) is 24.1 Å². The van der Waals surface area contributed by atoms with E-state index in [4.69, 9.17) is 4.74 Å². The average molecular weight is 350 g/mol. The zero-order valence-corrected chi connectivity index (χ0v) is 13.0. The first-order valence-electron chi connectivity index (χ1n) is 6.89. The van der Waals surface area contributed by atoms with Crippen molar-refractivity contribution in [1.82, 2.24) is 15.1 Å². The van der Waals surface area contributed by atoms with E-state index in [1.54, 1.807) is 17.1 Å². The minimum absolute atomic E-state index is 0.0924. The molecule has 21 heavy (non-hydrogen) atoms. The second-order valence-electron chi connectivity index (χ2n) is 5.09. The van der Waals surface area contributed by atoms with E-state index in [0.29, 0.717) is 18.0 Å². The van der Waals surface area contributed by atoms with E-state index < -0.39 is 0 Å². The van der Waals surface area contributed by atoms with E-state index in [9.17, 15) is 4.79 Å². The molecule has 2 aromatic rings. The number of hydrogen-bond donors (Lipinski definition) is 1. The van der Waals surface area contributed by atoms with Gasteiger partial charge in [0.2, 0.25) is 0 Å². The number of benzene rings is 1. The number of halogens is 1. The van der Waals surface area contributed by atoms with Gasteiger partial charge in [-0.25, -0.2) is 4.68 Å². The third kappa shape index (κ3) is 3.51. The molecule has 1 aromatic heterocycles. The van der Waals surface area contributed by atoms with Crippen LogP contribution in [0.4, 0.5) is 0 Å². The van der Waals surface area contributed by atoms with Crippen molar-refractivity contribution in [3.05, 3.63) is 46.7 Å². The fourth-order valence-electron chi connectivity index (χ4n) is 2.26. The molecule has 6 heteroatoms. The number of hydrogen-bond acceptors (Lipinski definition) is 3. The van der Waals surface area contributed by atoms with Gasteiger partial charge in [0.25, 0.3) is 5.91 Å². The first-order valence-corrected chi connectivity index (χ1v) is 7.68. The van der Waals surface area contributed by atoms with Crippen LogP contribution in [0, 0.1) is 5.92 Å². The molecule has 1 atom stereocenters. The molecule has 110 valence electrons. The number of nitrogens with zero attached hydrogens (tertiary/aromatic N) is 2. The van der Waals surface area contributed by atoms with Crippen LogP contribution >= 0.6 is 15.9 Å². The molecule has 1 aliphatic rings. The van der Waals surface area contributed by atoms with Gasteiger partial charge in [-0.05, 0) is 30.7 Å². The zero-order valence-electron chi connectivity index (χ0n) is 11.5. The van der Waals surface area contributed by atoms with Gasteiger partial charge in [0, 0.05) is 29.7 Å². The molecule has 1 fully saturated rings. The number of aromatic nitrogens is 2. The number of nitrogens with one attached hydrogen (secondary N) is 1. The van der Waals surface area contributed by atoms with Gasteiger partial charge in [-0.15, -0.1) is 0 Å². The van der Waals surface area contributed by atoms with Crippen LogP contribution < -0.4 is 5.32 Å². The molecule has 0 aliphatic carbocycles. The molecule has 0 bridgehead atoms. The number of rotatable bonds is 4. The van der Waals surface area contributed by atoms with Crippen molar-refractivity contribution in [2.45, 2.75) is 6.42 Å². The summed E-state index contributed by atoms with van der Waals surface area (Å²) < 4.78 is 8.00. The van der Waals surface area contributed by atoms with Gasteiger partial charge in [-0.2, -0.15) is 5.10 Å². The van der Waals surface area contributed by atoms with Crippen LogP contribution in [-0.4, -0.2) is 35.4 Å². The number of carbonyl (C=O) groups is 1. The fraction of sp³-hybridized carbons (Fsp3) is 0.333. The Kier molecular flexibility index (Phi) is 4.36. The standard InChI is InChI=1S/C15H16BrN3O2/c16-13-1-3-14(4-2-13)19-9-12(8-18-19)15(20)17-7-11-5-6-21-10-11/h1-4,8-9,11H,5-7,10H2,(H,17,20)/t11-/m0/s1. The SMILES string of the molecule is O=C(NC[C@@H]1CCOC1)c1cnn(-c2ccc(Br)cc2)c1. The Morgan fingerprint density at radius 1 is 1.43 bits per heavy atom. The quantitative estimate of drug-likeness (QED) is 0.921. The van der Waals surface area contributed by atoms with E-state index in [1.807, 2.05) is 24.3 Å². The molecule has 1 amide bonds. The fourth-order valence-corrected chi connectivity index (χ4v) is 2.52. The maximum Gasteiger partial charge on any atom is 0.254 e. The van der Waals surface area contributed by atoms with E-state index >= 15 is 0 Å². The molecule has 0 saturated carbocycles. The van der Waals surface area contributed by atoms with Crippen molar-refractivity contribution in [2.24, 2.45) is 5.92 Å². The molecule has 2 heterocycles. The van der Waals surface area contributed by atoms with Crippen molar-refractivity contribution >= 4 is 21.8 Å². The molecule has 0 unspecified atom stereocenters. The third-order valence-electron chi connectivity index (χ3n) is 3.51. The summed E-state index contributed by atoms with van der Waals surface area (Å²) in [4.78, 5) is 12.1. The summed E-state index contributed by atoms with van der Waals surface area (Å²) in [6.45, 7) is 2.18. The number of ether oxygens (including phenoxy) is 1. The molecular weight excluding hydrogens is 334 g/mol. The smallest absolute Gasteiger partial charge is 0.254 e. The van der Waals surface area contributed by atoms with Gasteiger partial charge in [-0.1, -0.05) is 15.9 Å². The lowest BCUT2D eigenvalue weighted by Crippen LogP contribution is -2.29. The lowest BCUT2D eigenvalue weighted by molar-refractivity contribution is 0.0945. The second kappa shape index (κ2) is 6.41. The predicted octanol–water partition coefficient (Wildman–Crippen LogP) is 2.40. The molecule has 5 nitrogen and oxygen atoms in total. The summed E-state index contributed by atoms with van der Waals surface area (Å²) in [5, 5.41) is 7.17. The monoisotopic (exact) mass is 349 g/mol. The molecular formula is C15H16BrN3O2. The lowest BCUT2D eigenvalue weighted by Gasteiger charge is -2.08. The highest BCUT2D eigenvalue weighted by atomic mass is 79.9.